The van der Waals surface area contributed by atoms with Crippen molar-refractivity contribution in [2.75, 3.05) is 31.6 Å². The van der Waals surface area contributed by atoms with Gasteiger partial charge < -0.3 is 19.7 Å². The van der Waals surface area contributed by atoms with E-state index in [1.807, 2.05) is 18.7 Å². The zero-order valence-electron chi connectivity index (χ0n) is 17.6. The Balaban J connectivity index is 1.88. The molecule has 28 heavy (non-hydrogen) atoms. The van der Waals surface area contributed by atoms with Crippen LogP contribution < -0.4 is 10.1 Å². The van der Waals surface area contributed by atoms with Crippen molar-refractivity contribution < 1.29 is 19.1 Å². The zero-order valence-corrected chi connectivity index (χ0v) is 17.6. The average Bonchev–Trinajstić information content (AvgIpc) is 2.67. The molecule has 1 N–H and O–H groups in total. The molecule has 6 heteroatoms. The normalized spacial score (nSPS) is 16.5. The van der Waals surface area contributed by atoms with Gasteiger partial charge in [-0.05, 0) is 69.7 Å². The third kappa shape index (κ3) is 6.51. The number of amides is 2. The Labute approximate surface area is 168 Å². The summed E-state index contributed by atoms with van der Waals surface area (Å²) in [6, 6.07) is 7.08. The van der Waals surface area contributed by atoms with Crippen LogP contribution in [0.2, 0.25) is 0 Å². The number of likely N-dealkylation sites (tertiary alicyclic amines) is 1. The second-order valence-corrected chi connectivity index (χ2v) is 7.97. The molecule has 1 aliphatic heterocycles. The van der Waals surface area contributed by atoms with Crippen molar-refractivity contribution >= 4 is 17.5 Å². The van der Waals surface area contributed by atoms with Gasteiger partial charge in [-0.1, -0.05) is 13.8 Å². The van der Waals surface area contributed by atoms with Crippen molar-refractivity contribution in [3.8, 4) is 5.75 Å². The van der Waals surface area contributed by atoms with Crippen molar-refractivity contribution in [2.45, 2.75) is 59.0 Å². The van der Waals surface area contributed by atoms with Gasteiger partial charge in [-0.2, -0.15) is 0 Å². The molecule has 2 rings (SSSR count). The molecule has 1 aliphatic rings. The lowest BCUT2D eigenvalue weighted by atomic mass is 9.93. The van der Waals surface area contributed by atoms with E-state index in [4.69, 9.17) is 9.47 Å². The molecule has 1 atom stereocenters. The number of anilines is 1. The average molecular weight is 391 g/mol. The van der Waals surface area contributed by atoms with Gasteiger partial charge in [-0.25, -0.2) is 0 Å². The third-order valence-electron chi connectivity index (χ3n) is 4.92. The lowest BCUT2D eigenvalue weighted by molar-refractivity contribution is -0.140. The van der Waals surface area contributed by atoms with Gasteiger partial charge in [0.05, 0.1) is 0 Å². The number of rotatable bonds is 9. The Bertz CT molecular complexity index is 638. The minimum Gasteiger partial charge on any atom is -0.484 e. The van der Waals surface area contributed by atoms with Crippen LogP contribution in [0.25, 0.3) is 0 Å². The SMILES string of the molecule is CCO[C@](C)(CC(C)C)C(=O)Nc1ccc(OCC(=O)N2CCCCC2)cc1. The maximum absolute atomic E-state index is 12.7. The lowest BCUT2D eigenvalue weighted by Crippen LogP contribution is -2.43. The summed E-state index contributed by atoms with van der Waals surface area (Å²) in [6.45, 7) is 10.0. The molecule has 2 amide bonds. The molecular formula is C22H34N2O4. The van der Waals surface area contributed by atoms with Crippen LogP contribution in [0.4, 0.5) is 5.69 Å². The Morgan fingerprint density at radius 2 is 1.79 bits per heavy atom. The van der Waals surface area contributed by atoms with E-state index in [1.54, 1.807) is 24.3 Å². The van der Waals surface area contributed by atoms with E-state index in [1.165, 1.54) is 6.42 Å². The fourth-order valence-corrected chi connectivity index (χ4v) is 3.59. The Kier molecular flexibility index (Phi) is 8.30. The van der Waals surface area contributed by atoms with Gasteiger partial charge >= 0.3 is 0 Å². The molecule has 0 saturated carbocycles. The molecule has 0 aromatic heterocycles. The number of carbonyl (C=O) groups is 2. The fourth-order valence-electron chi connectivity index (χ4n) is 3.59. The molecule has 1 heterocycles. The number of ether oxygens (including phenoxy) is 2. The second kappa shape index (κ2) is 10.5. The second-order valence-electron chi connectivity index (χ2n) is 7.97. The van der Waals surface area contributed by atoms with Crippen molar-refractivity contribution in [2.24, 2.45) is 5.92 Å². The van der Waals surface area contributed by atoms with Crippen molar-refractivity contribution in [3.05, 3.63) is 24.3 Å². The summed E-state index contributed by atoms with van der Waals surface area (Å²) >= 11 is 0. The van der Waals surface area contributed by atoms with E-state index in [2.05, 4.69) is 19.2 Å². The van der Waals surface area contributed by atoms with Crippen molar-refractivity contribution in [3.63, 3.8) is 0 Å². The van der Waals surface area contributed by atoms with Gasteiger partial charge in [0.25, 0.3) is 11.8 Å². The molecule has 1 aromatic rings. The van der Waals surface area contributed by atoms with Gasteiger partial charge in [0.2, 0.25) is 0 Å². The summed E-state index contributed by atoms with van der Waals surface area (Å²) in [5.74, 6) is 0.823. The van der Waals surface area contributed by atoms with Crippen LogP contribution in [0.5, 0.6) is 5.75 Å². The minimum absolute atomic E-state index is 0.0262. The first-order valence-electron chi connectivity index (χ1n) is 10.3. The first-order chi connectivity index (χ1) is 13.3. The molecule has 1 saturated heterocycles. The maximum Gasteiger partial charge on any atom is 0.260 e. The lowest BCUT2D eigenvalue weighted by Gasteiger charge is -2.29. The monoisotopic (exact) mass is 390 g/mol. The van der Waals surface area contributed by atoms with Crippen molar-refractivity contribution in [1.29, 1.82) is 0 Å². The molecular weight excluding hydrogens is 356 g/mol. The summed E-state index contributed by atoms with van der Waals surface area (Å²) in [4.78, 5) is 26.8. The Morgan fingerprint density at radius 1 is 1.14 bits per heavy atom. The number of hydrogen-bond donors (Lipinski definition) is 1. The van der Waals surface area contributed by atoms with E-state index in [0.717, 1.165) is 25.9 Å². The number of hydrogen-bond acceptors (Lipinski definition) is 4. The highest BCUT2D eigenvalue weighted by Crippen LogP contribution is 2.24. The zero-order chi connectivity index (χ0) is 20.6. The summed E-state index contributed by atoms with van der Waals surface area (Å²) in [5, 5.41) is 2.92. The number of carbonyl (C=O) groups excluding carboxylic acids is 2. The minimum atomic E-state index is -0.862. The Hall–Kier alpha value is -2.08. The van der Waals surface area contributed by atoms with E-state index in [0.29, 0.717) is 30.4 Å². The first-order valence-corrected chi connectivity index (χ1v) is 10.3. The number of piperidine rings is 1. The summed E-state index contributed by atoms with van der Waals surface area (Å²) < 4.78 is 11.4. The van der Waals surface area contributed by atoms with Crippen LogP contribution in [0, 0.1) is 5.92 Å². The van der Waals surface area contributed by atoms with E-state index < -0.39 is 5.60 Å². The van der Waals surface area contributed by atoms with E-state index >= 15 is 0 Å². The van der Waals surface area contributed by atoms with E-state index in [-0.39, 0.29) is 18.4 Å². The molecule has 0 spiro atoms. The molecule has 0 radical (unpaired) electrons. The number of nitrogens with zero attached hydrogens (tertiary/aromatic N) is 1. The number of benzene rings is 1. The number of nitrogens with one attached hydrogen (secondary N) is 1. The highest BCUT2D eigenvalue weighted by atomic mass is 16.5. The van der Waals surface area contributed by atoms with Crippen LogP contribution in [-0.2, 0) is 14.3 Å². The topological polar surface area (TPSA) is 67.9 Å². The van der Waals surface area contributed by atoms with Crippen LogP contribution in [0.1, 0.15) is 53.4 Å². The molecule has 0 unspecified atom stereocenters. The predicted octanol–water partition coefficient (Wildman–Crippen LogP) is 3.86. The smallest absolute Gasteiger partial charge is 0.260 e. The Morgan fingerprint density at radius 3 is 2.36 bits per heavy atom. The maximum atomic E-state index is 12.7. The third-order valence-corrected chi connectivity index (χ3v) is 4.92. The largest absolute Gasteiger partial charge is 0.484 e. The van der Waals surface area contributed by atoms with Gasteiger partial charge in [0, 0.05) is 25.4 Å². The van der Waals surface area contributed by atoms with Gasteiger partial charge in [0.1, 0.15) is 11.4 Å². The molecule has 6 nitrogen and oxygen atoms in total. The molecule has 0 bridgehead atoms. The standard InChI is InChI=1S/C22H34N2O4/c1-5-28-22(4,15-17(2)3)21(26)23-18-9-11-19(12-10-18)27-16-20(25)24-13-7-6-8-14-24/h9-12,17H,5-8,13-16H2,1-4H3,(H,23,26)/t22-/m1/s1. The van der Waals surface area contributed by atoms with Crippen LogP contribution >= 0.6 is 0 Å². The molecule has 0 aliphatic carbocycles. The van der Waals surface area contributed by atoms with Crippen LogP contribution in [0.3, 0.4) is 0 Å². The highest BCUT2D eigenvalue weighted by molar-refractivity contribution is 5.97. The van der Waals surface area contributed by atoms with Gasteiger partial charge in [-0.3, -0.25) is 9.59 Å². The quantitative estimate of drug-likeness (QED) is 0.695. The molecule has 1 aromatic carbocycles. The fraction of sp³-hybridized carbons (Fsp3) is 0.636. The highest BCUT2D eigenvalue weighted by Gasteiger charge is 2.34. The summed E-state index contributed by atoms with van der Waals surface area (Å²) in [5.41, 5.74) is -0.187. The molecule has 1 fully saturated rings. The van der Waals surface area contributed by atoms with Crippen LogP contribution in [-0.4, -0.2) is 48.6 Å². The summed E-state index contributed by atoms with van der Waals surface area (Å²) in [6.07, 6.45) is 3.97. The van der Waals surface area contributed by atoms with Gasteiger partial charge in [-0.15, -0.1) is 0 Å². The van der Waals surface area contributed by atoms with E-state index in [9.17, 15) is 9.59 Å². The predicted molar refractivity (Wildman–Crippen MR) is 110 cm³/mol. The first kappa shape index (κ1) is 22.2. The van der Waals surface area contributed by atoms with Crippen molar-refractivity contribution in [1.82, 2.24) is 4.90 Å². The van der Waals surface area contributed by atoms with Crippen LogP contribution in [0.15, 0.2) is 24.3 Å². The van der Waals surface area contributed by atoms with Gasteiger partial charge in [0.15, 0.2) is 6.61 Å². The summed E-state index contributed by atoms with van der Waals surface area (Å²) in [7, 11) is 0. The molecule has 156 valence electrons.